The molecule has 0 bridgehead atoms. The van der Waals surface area contributed by atoms with Gasteiger partial charge in [0, 0.05) is 0 Å². The Kier molecular flexibility index (Phi) is 11.1. The first kappa shape index (κ1) is 13.6. The van der Waals surface area contributed by atoms with Gasteiger partial charge in [-0.3, -0.25) is 4.18 Å². The summed E-state index contributed by atoms with van der Waals surface area (Å²) >= 11 is -2.60. The summed E-state index contributed by atoms with van der Waals surface area (Å²) in [4.78, 5) is 0. The van der Waals surface area contributed by atoms with Gasteiger partial charge >= 0.3 is 29.6 Å². The van der Waals surface area contributed by atoms with Crippen LogP contribution in [0, 0.1) is 0 Å². The van der Waals surface area contributed by atoms with Crippen LogP contribution in [-0.2, 0) is 15.5 Å². The summed E-state index contributed by atoms with van der Waals surface area (Å²) in [5.74, 6) is 0. The van der Waals surface area contributed by atoms with E-state index in [1.54, 1.807) is 0 Å². The summed E-state index contributed by atoms with van der Waals surface area (Å²) in [6, 6.07) is 0. The van der Waals surface area contributed by atoms with E-state index in [-0.39, 0.29) is 29.6 Å². The minimum atomic E-state index is -2.60. The maximum atomic E-state index is 9.70. The van der Waals surface area contributed by atoms with Crippen LogP contribution in [0.4, 0.5) is 0 Å². The van der Waals surface area contributed by atoms with Crippen molar-refractivity contribution in [3.63, 3.8) is 0 Å². The molecular formula is C4H9NaO4S. The Balaban J connectivity index is 0. The second-order valence-electron chi connectivity index (χ2n) is 1.54. The minimum Gasteiger partial charge on any atom is -0.750 e. The fraction of sp³-hybridized carbons (Fsp3) is 1.00. The minimum absolute atomic E-state index is 0. The molecule has 0 heterocycles. The molecule has 0 radical (unpaired) electrons. The quantitative estimate of drug-likeness (QED) is 0.280. The van der Waals surface area contributed by atoms with Crippen molar-refractivity contribution in [2.75, 3.05) is 0 Å². The van der Waals surface area contributed by atoms with Crippen LogP contribution in [0.25, 0.3) is 0 Å². The molecule has 0 saturated heterocycles. The Morgan fingerprint density at radius 2 is 2.30 bits per heavy atom. The first-order chi connectivity index (χ1) is 4.16. The summed E-state index contributed by atoms with van der Waals surface area (Å²) in [7, 11) is 0. The van der Waals surface area contributed by atoms with Crippen molar-refractivity contribution in [2.24, 2.45) is 0 Å². The van der Waals surface area contributed by atoms with Gasteiger partial charge in [0.25, 0.3) is 0 Å². The summed E-state index contributed by atoms with van der Waals surface area (Å²) in [6.07, 6.45) is -0.139. The molecule has 0 rings (SSSR count). The standard InChI is InChI=1S/C4H10O4S.Na/c1-2-3-4(5)8-9(6)7;/h4-5H,2-3H2,1H3,(H,6,7);/q;+1/p-1. The molecule has 0 aromatic heterocycles. The smallest absolute Gasteiger partial charge is 0.750 e. The molecule has 4 nitrogen and oxygen atoms in total. The second kappa shape index (κ2) is 8.13. The zero-order valence-corrected chi connectivity index (χ0v) is 8.89. The zero-order valence-electron chi connectivity index (χ0n) is 6.07. The Morgan fingerprint density at radius 1 is 1.80 bits per heavy atom. The Labute approximate surface area is 84.7 Å². The molecule has 56 valence electrons. The molecule has 2 atom stereocenters. The van der Waals surface area contributed by atoms with Crippen molar-refractivity contribution in [3.05, 3.63) is 0 Å². The van der Waals surface area contributed by atoms with Crippen molar-refractivity contribution in [1.82, 2.24) is 0 Å². The number of hydrogen-bond donors (Lipinski definition) is 1. The van der Waals surface area contributed by atoms with Crippen molar-refractivity contribution in [2.45, 2.75) is 26.1 Å². The third-order valence-corrected chi connectivity index (χ3v) is 1.10. The average Bonchev–Trinajstić information content (AvgIpc) is 1.63. The third-order valence-electron chi connectivity index (χ3n) is 0.725. The molecular weight excluding hydrogens is 167 g/mol. The van der Waals surface area contributed by atoms with E-state index in [4.69, 9.17) is 5.11 Å². The molecule has 0 saturated carbocycles. The van der Waals surface area contributed by atoms with Crippen LogP contribution in [0.3, 0.4) is 0 Å². The zero-order chi connectivity index (χ0) is 7.28. The number of aliphatic hydroxyl groups is 1. The summed E-state index contributed by atoms with van der Waals surface area (Å²) < 4.78 is 23.4. The topological polar surface area (TPSA) is 69.6 Å². The summed E-state index contributed by atoms with van der Waals surface area (Å²) in [5.41, 5.74) is 0. The predicted octanol–water partition coefficient (Wildman–Crippen LogP) is -3.08. The van der Waals surface area contributed by atoms with E-state index >= 15 is 0 Å². The molecule has 0 amide bonds. The monoisotopic (exact) mass is 176 g/mol. The van der Waals surface area contributed by atoms with E-state index in [2.05, 4.69) is 4.18 Å². The molecule has 0 aliphatic rings. The SMILES string of the molecule is CCCC(O)OS(=O)[O-].[Na+]. The summed E-state index contributed by atoms with van der Waals surface area (Å²) in [5, 5.41) is 8.60. The first-order valence-electron chi connectivity index (χ1n) is 2.61. The number of aliphatic hydroxyl groups excluding tert-OH is 1. The van der Waals surface area contributed by atoms with Gasteiger partial charge in [-0.25, -0.2) is 4.21 Å². The van der Waals surface area contributed by atoms with Gasteiger partial charge in [-0.1, -0.05) is 13.3 Å². The van der Waals surface area contributed by atoms with E-state index in [0.29, 0.717) is 12.8 Å². The van der Waals surface area contributed by atoms with Crippen LogP contribution in [0.2, 0.25) is 0 Å². The predicted molar refractivity (Wildman–Crippen MR) is 30.9 cm³/mol. The van der Waals surface area contributed by atoms with Gasteiger partial charge in [0.2, 0.25) is 0 Å². The van der Waals surface area contributed by atoms with E-state index < -0.39 is 17.7 Å². The van der Waals surface area contributed by atoms with Gasteiger partial charge in [0.15, 0.2) is 6.29 Å². The van der Waals surface area contributed by atoms with Gasteiger partial charge in [-0.05, 0) is 6.42 Å². The molecule has 2 unspecified atom stereocenters. The number of hydrogen-bond acceptors (Lipinski definition) is 4. The van der Waals surface area contributed by atoms with Gasteiger partial charge in [-0.2, -0.15) is 0 Å². The van der Waals surface area contributed by atoms with E-state index in [1.165, 1.54) is 0 Å². The molecule has 0 aromatic carbocycles. The Hall–Kier alpha value is 1.03. The molecule has 0 aliphatic heterocycles. The van der Waals surface area contributed by atoms with Crippen LogP contribution in [0.5, 0.6) is 0 Å². The molecule has 6 heteroatoms. The van der Waals surface area contributed by atoms with Crippen molar-refractivity contribution >= 4 is 11.4 Å². The van der Waals surface area contributed by atoms with Crippen LogP contribution in [0.1, 0.15) is 19.8 Å². The van der Waals surface area contributed by atoms with Crippen molar-refractivity contribution in [1.29, 1.82) is 0 Å². The van der Waals surface area contributed by atoms with Crippen LogP contribution >= 0.6 is 0 Å². The van der Waals surface area contributed by atoms with Gasteiger partial charge in [-0.15, -0.1) is 0 Å². The fourth-order valence-electron chi connectivity index (χ4n) is 0.386. The van der Waals surface area contributed by atoms with Crippen LogP contribution in [0.15, 0.2) is 0 Å². The van der Waals surface area contributed by atoms with Crippen molar-refractivity contribution in [3.8, 4) is 0 Å². The molecule has 10 heavy (non-hydrogen) atoms. The molecule has 0 spiro atoms. The van der Waals surface area contributed by atoms with E-state index in [1.807, 2.05) is 6.92 Å². The van der Waals surface area contributed by atoms with Gasteiger partial charge in [0.1, 0.15) is 0 Å². The van der Waals surface area contributed by atoms with Gasteiger partial charge < -0.3 is 9.66 Å². The molecule has 0 aliphatic carbocycles. The van der Waals surface area contributed by atoms with E-state index in [9.17, 15) is 8.76 Å². The molecule has 1 N–H and O–H groups in total. The summed E-state index contributed by atoms with van der Waals surface area (Å²) in [6.45, 7) is 1.82. The average molecular weight is 176 g/mol. The fourth-order valence-corrected chi connectivity index (χ4v) is 0.663. The molecule has 0 fully saturated rings. The normalized spacial score (nSPS) is 15.5. The molecule has 0 aromatic rings. The third kappa shape index (κ3) is 9.03. The second-order valence-corrected chi connectivity index (χ2v) is 2.14. The van der Waals surface area contributed by atoms with Crippen LogP contribution < -0.4 is 29.6 Å². The first-order valence-corrected chi connectivity index (χ1v) is 3.61. The number of rotatable bonds is 4. The largest absolute Gasteiger partial charge is 1.00 e. The van der Waals surface area contributed by atoms with Crippen molar-refractivity contribution < 1.29 is 47.6 Å². The van der Waals surface area contributed by atoms with Crippen LogP contribution in [-0.4, -0.2) is 20.2 Å². The van der Waals surface area contributed by atoms with E-state index in [0.717, 1.165) is 0 Å². The Bertz CT molecular complexity index is 99.3. The Morgan fingerprint density at radius 3 is 2.60 bits per heavy atom. The van der Waals surface area contributed by atoms with Gasteiger partial charge in [0.05, 0.1) is 11.4 Å². The maximum absolute atomic E-state index is 9.70. The maximum Gasteiger partial charge on any atom is 1.00 e.